The maximum absolute atomic E-state index is 12.6. The Morgan fingerprint density at radius 1 is 1.42 bits per heavy atom. The lowest BCUT2D eigenvalue weighted by molar-refractivity contribution is -0.137. The Morgan fingerprint density at radius 2 is 2.21 bits per heavy atom. The van der Waals surface area contributed by atoms with Crippen LogP contribution >= 0.6 is 11.8 Å². The van der Waals surface area contributed by atoms with Crippen LogP contribution in [0.4, 0.5) is 5.69 Å². The zero-order chi connectivity index (χ0) is 17.6. The maximum atomic E-state index is 12.6. The first-order valence-electron chi connectivity index (χ1n) is 8.25. The third-order valence-corrected chi connectivity index (χ3v) is 5.46. The van der Waals surface area contributed by atoms with Crippen molar-refractivity contribution in [3.8, 4) is 0 Å². The monoisotopic (exact) mass is 350 g/mol. The molecule has 2 atom stereocenters. The Kier molecular flexibility index (Phi) is 6.69. The second kappa shape index (κ2) is 8.53. The first-order chi connectivity index (χ1) is 11.4. The molecule has 2 unspecified atom stereocenters. The van der Waals surface area contributed by atoms with Crippen molar-refractivity contribution >= 4 is 29.3 Å². The summed E-state index contributed by atoms with van der Waals surface area (Å²) in [6.45, 7) is 1.97. The van der Waals surface area contributed by atoms with E-state index >= 15 is 0 Å². The highest BCUT2D eigenvalue weighted by Crippen LogP contribution is 2.32. The largest absolute Gasteiger partial charge is 0.468 e. The van der Waals surface area contributed by atoms with Gasteiger partial charge in [-0.3, -0.25) is 9.59 Å². The van der Waals surface area contributed by atoms with Gasteiger partial charge in [0.05, 0.1) is 18.8 Å². The number of nitrogens with one attached hydrogen (secondary N) is 1. The third kappa shape index (κ3) is 5.24. The zero-order valence-corrected chi connectivity index (χ0v) is 15.2. The van der Waals surface area contributed by atoms with Crippen LogP contribution < -0.4 is 11.1 Å². The number of carbonyl (C=O) groups is 2. The van der Waals surface area contributed by atoms with Crippen LogP contribution in [0.3, 0.4) is 0 Å². The van der Waals surface area contributed by atoms with Crippen molar-refractivity contribution < 1.29 is 14.3 Å². The molecule has 0 aliphatic heterocycles. The molecule has 1 aliphatic rings. The van der Waals surface area contributed by atoms with E-state index in [1.165, 1.54) is 18.9 Å². The molecule has 0 aromatic heterocycles. The summed E-state index contributed by atoms with van der Waals surface area (Å²) in [6.07, 6.45) is 3.86. The molecule has 2 rings (SSSR count). The molecule has 6 heteroatoms. The quantitative estimate of drug-likeness (QED) is 0.771. The van der Waals surface area contributed by atoms with Crippen LogP contribution in [0.15, 0.2) is 24.3 Å². The minimum atomic E-state index is -0.434. The fraction of sp³-hybridized carbons (Fsp3) is 0.556. The number of ether oxygens (including phenoxy) is 1. The summed E-state index contributed by atoms with van der Waals surface area (Å²) in [5, 5.41) is 3.00. The van der Waals surface area contributed by atoms with E-state index in [0.29, 0.717) is 11.5 Å². The van der Waals surface area contributed by atoms with E-state index in [9.17, 15) is 9.59 Å². The molecule has 1 aromatic rings. The van der Waals surface area contributed by atoms with Gasteiger partial charge in [0.2, 0.25) is 5.91 Å². The first-order valence-corrected chi connectivity index (χ1v) is 9.41. The first kappa shape index (κ1) is 18.8. The molecule has 3 N–H and O–H groups in total. The highest BCUT2D eigenvalue weighted by Gasteiger charge is 2.37. The van der Waals surface area contributed by atoms with E-state index in [4.69, 9.17) is 5.73 Å². The fourth-order valence-electron chi connectivity index (χ4n) is 3.07. The van der Waals surface area contributed by atoms with Gasteiger partial charge in [-0.25, -0.2) is 0 Å². The standard InChI is InChI=1S/C18H26N2O3S/c1-18(19)9-4-3-8-15(18)17(22)20-14-7-5-6-13(10-14)11-24-12-16(21)23-2/h5-7,10,15H,3-4,8-9,11-12,19H2,1-2H3,(H,20,22). The second-order valence-corrected chi connectivity index (χ2v) is 7.55. The SMILES string of the molecule is COC(=O)CSCc1cccc(NC(=O)C2CCCCC2(C)N)c1. The summed E-state index contributed by atoms with van der Waals surface area (Å²) in [7, 11) is 1.38. The molecular weight excluding hydrogens is 324 g/mol. The highest BCUT2D eigenvalue weighted by atomic mass is 32.2. The van der Waals surface area contributed by atoms with Crippen LogP contribution in [-0.2, 0) is 20.1 Å². The molecule has 0 heterocycles. The Balaban J connectivity index is 1.93. The van der Waals surface area contributed by atoms with Gasteiger partial charge in [-0.2, -0.15) is 0 Å². The number of thioether (sulfide) groups is 1. The maximum Gasteiger partial charge on any atom is 0.315 e. The number of nitrogens with two attached hydrogens (primary N) is 1. The predicted molar refractivity (Wildman–Crippen MR) is 97.8 cm³/mol. The minimum absolute atomic E-state index is 0.000867. The Hall–Kier alpha value is -1.53. The molecule has 1 saturated carbocycles. The Labute approximate surface area is 147 Å². The van der Waals surface area contributed by atoms with E-state index in [2.05, 4.69) is 10.1 Å². The van der Waals surface area contributed by atoms with Crippen molar-refractivity contribution in [3.63, 3.8) is 0 Å². The number of methoxy groups -OCH3 is 1. The van der Waals surface area contributed by atoms with Crippen LogP contribution in [0.5, 0.6) is 0 Å². The van der Waals surface area contributed by atoms with Crippen LogP contribution in [-0.4, -0.2) is 30.3 Å². The molecule has 1 aromatic carbocycles. The normalized spacial score (nSPS) is 23.5. The summed E-state index contributed by atoms with van der Waals surface area (Å²) < 4.78 is 4.62. The number of benzene rings is 1. The highest BCUT2D eigenvalue weighted by molar-refractivity contribution is 7.99. The number of esters is 1. The van der Waals surface area contributed by atoms with E-state index in [0.717, 1.165) is 36.9 Å². The number of hydrogen-bond donors (Lipinski definition) is 2. The average Bonchev–Trinajstić information content (AvgIpc) is 2.54. The molecule has 0 radical (unpaired) electrons. The predicted octanol–water partition coefficient (Wildman–Crippen LogP) is 2.94. The van der Waals surface area contributed by atoms with E-state index < -0.39 is 5.54 Å². The van der Waals surface area contributed by atoms with Crippen LogP contribution in [0.25, 0.3) is 0 Å². The fourth-order valence-corrected chi connectivity index (χ4v) is 3.87. The lowest BCUT2D eigenvalue weighted by Gasteiger charge is -2.37. The molecule has 1 amide bonds. The van der Waals surface area contributed by atoms with Gasteiger partial charge in [0, 0.05) is 17.0 Å². The van der Waals surface area contributed by atoms with Crippen molar-refractivity contribution in [1.82, 2.24) is 0 Å². The summed E-state index contributed by atoms with van der Waals surface area (Å²) in [6, 6.07) is 7.71. The minimum Gasteiger partial charge on any atom is -0.468 e. The van der Waals surface area contributed by atoms with Crippen LogP contribution in [0.2, 0.25) is 0 Å². The van der Waals surface area contributed by atoms with Gasteiger partial charge >= 0.3 is 5.97 Å². The Bertz CT molecular complexity index is 589. The topological polar surface area (TPSA) is 81.4 Å². The van der Waals surface area contributed by atoms with Crippen molar-refractivity contribution in [2.75, 3.05) is 18.2 Å². The summed E-state index contributed by atoms with van der Waals surface area (Å²) in [4.78, 5) is 23.7. The van der Waals surface area contributed by atoms with Gasteiger partial charge in [-0.1, -0.05) is 25.0 Å². The summed E-state index contributed by atoms with van der Waals surface area (Å²) in [5.41, 5.74) is 7.70. The third-order valence-electron chi connectivity index (χ3n) is 4.48. The second-order valence-electron chi connectivity index (χ2n) is 6.56. The van der Waals surface area contributed by atoms with Gasteiger partial charge in [-0.15, -0.1) is 11.8 Å². The van der Waals surface area contributed by atoms with Crippen molar-refractivity contribution in [3.05, 3.63) is 29.8 Å². The van der Waals surface area contributed by atoms with Crippen molar-refractivity contribution in [1.29, 1.82) is 0 Å². The van der Waals surface area contributed by atoms with Crippen LogP contribution in [0.1, 0.15) is 38.2 Å². The molecule has 0 spiro atoms. The number of anilines is 1. The van der Waals surface area contributed by atoms with Gasteiger partial charge < -0.3 is 15.8 Å². The summed E-state index contributed by atoms with van der Waals surface area (Å²) in [5.74, 6) is 0.629. The number of amides is 1. The smallest absolute Gasteiger partial charge is 0.315 e. The molecule has 132 valence electrons. The number of hydrogen-bond acceptors (Lipinski definition) is 5. The average molecular weight is 350 g/mol. The van der Waals surface area contributed by atoms with Crippen LogP contribution in [0, 0.1) is 5.92 Å². The molecule has 1 fully saturated rings. The van der Waals surface area contributed by atoms with E-state index in [1.54, 1.807) is 0 Å². The Morgan fingerprint density at radius 3 is 2.92 bits per heavy atom. The molecule has 24 heavy (non-hydrogen) atoms. The lowest BCUT2D eigenvalue weighted by Crippen LogP contribution is -2.51. The molecular formula is C18H26N2O3S. The molecule has 0 saturated heterocycles. The summed E-state index contributed by atoms with van der Waals surface area (Å²) >= 11 is 1.49. The van der Waals surface area contributed by atoms with Gasteiger partial charge in [0.15, 0.2) is 0 Å². The van der Waals surface area contributed by atoms with Crippen molar-refractivity contribution in [2.24, 2.45) is 11.7 Å². The molecule has 1 aliphatic carbocycles. The molecule has 5 nitrogen and oxygen atoms in total. The molecule has 0 bridgehead atoms. The zero-order valence-electron chi connectivity index (χ0n) is 14.3. The van der Waals surface area contributed by atoms with E-state index in [-0.39, 0.29) is 17.8 Å². The van der Waals surface area contributed by atoms with Gasteiger partial charge in [0.1, 0.15) is 0 Å². The number of carbonyl (C=O) groups excluding carboxylic acids is 2. The van der Waals surface area contributed by atoms with Gasteiger partial charge in [0.25, 0.3) is 0 Å². The van der Waals surface area contributed by atoms with E-state index in [1.807, 2.05) is 31.2 Å². The van der Waals surface area contributed by atoms with Crippen molar-refractivity contribution in [2.45, 2.75) is 43.9 Å². The number of rotatable bonds is 6. The van der Waals surface area contributed by atoms with Gasteiger partial charge in [-0.05, 0) is 37.5 Å². The lowest BCUT2D eigenvalue weighted by atomic mass is 9.74.